The Morgan fingerprint density at radius 3 is 2.77 bits per heavy atom. The number of carboxylic acid groups (broad SMARTS) is 1. The minimum absolute atomic E-state index is 0.00277. The van der Waals surface area contributed by atoms with Gasteiger partial charge in [0.15, 0.2) is 0 Å². The van der Waals surface area contributed by atoms with E-state index in [1.54, 1.807) is 23.5 Å². The van der Waals surface area contributed by atoms with Crippen LogP contribution in [-0.4, -0.2) is 35.2 Å². The van der Waals surface area contributed by atoms with Crippen LogP contribution < -0.4 is 10.6 Å². The van der Waals surface area contributed by atoms with E-state index in [0.29, 0.717) is 16.5 Å². The molecule has 7 heteroatoms. The van der Waals surface area contributed by atoms with Gasteiger partial charge in [-0.1, -0.05) is 35.9 Å². The van der Waals surface area contributed by atoms with Crippen LogP contribution in [0, 0.1) is 12.8 Å². The first-order chi connectivity index (χ1) is 14.9. The van der Waals surface area contributed by atoms with Crippen molar-refractivity contribution in [2.45, 2.75) is 32.2 Å². The minimum Gasteiger partial charge on any atom is -0.478 e. The van der Waals surface area contributed by atoms with Gasteiger partial charge < -0.3 is 15.7 Å². The third-order valence-electron chi connectivity index (χ3n) is 5.94. The van der Waals surface area contributed by atoms with Crippen molar-refractivity contribution in [3.05, 3.63) is 69.7 Å². The van der Waals surface area contributed by atoms with E-state index in [4.69, 9.17) is 22.3 Å². The Hall–Kier alpha value is -2.41. The lowest BCUT2D eigenvalue weighted by molar-refractivity contribution is 0.0697. The summed E-state index contributed by atoms with van der Waals surface area (Å²) >= 11 is 7.69. The average Bonchev–Trinajstić information content (AvgIpc) is 3.14. The molecule has 3 aromatic rings. The SMILES string of the molecule is Cc1nc(-c2ccc(Cl)cc2)sc1CC(N)[C@H]1CCCN(c2ccccc2C(=O)O)C1. The monoisotopic (exact) mass is 455 g/mol. The molecule has 0 aliphatic carbocycles. The maximum absolute atomic E-state index is 11.6. The fraction of sp³-hybridized carbons (Fsp3) is 0.333. The summed E-state index contributed by atoms with van der Waals surface area (Å²) in [5, 5.41) is 11.2. The zero-order chi connectivity index (χ0) is 22.0. The number of para-hydroxylation sites is 1. The molecule has 0 bridgehead atoms. The molecule has 1 unspecified atom stereocenters. The number of benzene rings is 2. The van der Waals surface area contributed by atoms with Crippen LogP contribution in [0.1, 0.15) is 33.8 Å². The molecular formula is C24H26ClN3O2S. The summed E-state index contributed by atoms with van der Waals surface area (Å²) in [6.45, 7) is 3.66. The fourth-order valence-electron chi connectivity index (χ4n) is 4.22. The Kier molecular flexibility index (Phi) is 6.60. The van der Waals surface area contributed by atoms with Crippen LogP contribution in [0.3, 0.4) is 0 Å². The highest BCUT2D eigenvalue weighted by molar-refractivity contribution is 7.15. The third-order valence-corrected chi connectivity index (χ3v) is 7.42. The fourth-order valence-corrected chi connectivity index (χ4v) is 5.49. The molecule has 1 aliphatic rings. The topological polar surface area (TPSA) is 79.5 Å². The van der Waals surface area contributed by atoms with E-state index < -0.39 is 5.97 Å². The second kappa shape index (κ2) is 9.39. The third kappa shape index (κ3) is 4.92. The van der Waals surface area contributed by atoms with Gasteiger partial charge in [0.05, 0.1) is 16.9 Å². The van der Waals surface area contributed by atoms with Crippen molar-refractivity contribution in [1.82, 2.24) is 4.98 Å². The summed E-state index contributed by atoms with van der Waals surface area (Å²) in [6, 6.07) is 15.0. The molecule has 3 N–H and O–H groups in total. The maximum Gasteiger partial charge on any atom is 0.337 e. The molecule has 2 atom stereocenters. The summed E-state index contributed by atoms with van der Waals surface area (Å²) in [4.78, 5) is 19.8. The van der Waals surface area contributed by atoms with E-state index in [-0.39, 0.29) is 6.04 Å². The summed E-state index contributed by atoms with van der Waals surface area (Å²) in [7, 11) is 0. The highest BCUT2D eigenvalue weighted by Gasteiger charge is 2.28. The highest BCUT2D eigenvalue weighted by atomic mass is 35.5. The van der Waals surface area contributed by atoms with Gasteiger partial charge >= 0.3 is 5.97 Å². The number of nitrogens with zero attached hydrogens (tertiary/aromatic N) is 2. The van der Waals surface area contributed by atoms with Crippen molar-refractivity contribution in [2.75, 3.05) is 18.0 Å². The van der Waals surface area contributed by atoms with Crippen LogP contribution in [0.2, 0.25) is 5.02 Å². The number of halogens is 1. The van der Waals surface area contributed by atoms with Crippen molar-refractivity contribution in [3.8, 4) is 10.6 Å². The molecule has 1 aliphatic heterocycles. The molecule has 1 aromatic heterocycles. The van der Waals surface area contributed by atoms with Gasteiger partial charge in [-0.15, -0.1) is 11.3 Å². The Morgan fingerprint density at radius 1 is 1.29 bits per heavy atom. The van der Waals surface area contributed by atoms with Crippen molar-refractivity contribution in [3.63, 3.8) is 0 Å². The number of nitrogens with two attached hydrogens (primary N) is 1. The van der Waals surface area contributed by atoms with Crippen LogP contribution >= 0.6 is 22.9 Å². The number of carbonyl (C=O) groups is 1. The van der Waals surface area contributed by atoms with E-state index in [9.17, 15) is 9.90 Å². The summed E-state index contributed by atoms with van der Waals surface area (Å²) in [6.07, 6.45) is 2.83. The van der Waals surface area contributed by atoms with Crippen LogP contribution in [0.15, 0.2) is 48.5 Å². The number of piperidine rings is 1. The first kappa shape index (κ1) is 21.8. The molecule has 31 heavy (non-hydrogen) atoms. The molecule has 4 rings (SSSR count). The number of aryl methyl sites for hydroxylation is 1. The minimum atomic E-state index is -0.892. The van der Waals surface area contributed by atoms with Gasteiger partial charge in [0.25, 0.3) is 0 Å². The molecule has 2 heterocycles. The van der Waals surface area contributed by atoms with Gasteiger partial charge in [-0.3, -0.25) is 0 Å². The number of hydrogen-bond acceptors (Lipinski definition) is 5. The Balaban J connectivity index is 1.47. The second-order valence-electron chi connectivity index (χ2n) is 8.07. The number of anilines is 1. The smallest absolute Gasteiger partial charge is 0.337 e. The Labute approximate surface area is 191 Å². The summed E-state index contributed by atoms with van der Waals surface area (Å²) < 4.78 is 0. The van der Waals surface area contributed by atoms with Crippen molar-refractivity contribution in [1.29, 1.82) is 0 Å². The average molecular weight is 456 g/mol. The maximum atomic E-state index is 11.6. The van der Waals surface area contributed by atoms with Gasteiger partial charge in [-0.05, 0) is 56.4 Å². The number of aromatic carboxylic acids is 1. The Bertz CT molecular complexity index is 1070. The zero-order valence-corrected chi connectivity index (χ0v) is 19.0. The van der Waals surface area contributed by atoms with E-state index in [0.717, 1.165) is 54.3 Å². The molecule has 1 saturated heterocycles. The van der Waals surface area contributed by atoms with E-state index in [1.165, 1.54) is 4.88 Å². The quantitative estimate of drug-likeness (QED) is 0.530. The molecule has 0 spiro atoms. The first-order valence-electron chi connectivity index (χ1n) is 10.5. The number of thiazole rings is 1. The lowest BCUT2D eigenvalue weighted by Crippen LogP contribution is -2.45. The lowest BCUT2D eigenvalue weighted by atomic mass is 9.88. The molecular weight excluding hydrogens is 430 g/mol. The van der Waals surface area contributed by atoms with Crippen molar-refractivity contribution in [2.24, 2.45) is 11.7 Å². The summed E-state index contributed by atoms with van der Waals surface area (Å²) in [5.74, 6) is -0.590. The van der Waals surface area contributed by atoms with E-state index in [1.807, 2.05) is 43.3 Å². The van der Waals surface area contributed by atoms with Crippen molar-refractivity contribution < 1.29 is 9.90 Å². The van der Waals surface area contributed by atoms with Crippen LogP contribution in [-0.2, 0) is 6.42 Å². The van der Waals surface area contributed by atoms with Gasteiger partial charge in [0.1, 0.15) is 5.01 Å². The molecule has 2 aromatic carbocycles. The predicted octanol–water partition coefficient (Wildman–Crippen LogP) is 5.26. The van der Waals surface area contributed by atoms with Gasteiger partial charge in [0, 0.05) is 34.6 Å². The Morgan fingerprint density at radius 2 is 2.03 bits per heavy atom. The zero-order valence-electron chi connectivity index (χ0n) is 17.4. The van der Waals surface area contributed by atoms with Gasteiger partial charge in [-0.25, -0.2) is 9.78 Å². The second-order valence-corrected chi connectivity index (χ2v) is 9.59. The lowest BCUT2D eigenvalue weighted by Gasteiger charge is -2.37. The number of rotatable bonds is 6. The largest absolute Gasteiger partial charge is 0.478 e. The standard InChI is InChI=1S/C24H26ClN3O2S/c1-15-22(31-23(27-15)16-8-10-18(25)11-9-16)13-20(26)17-5-4-12-28(14-17)21-7-3-2-6-19(21)24(29)30/h2-3,6-11,17,20H,4-5,12-14,26H2,1H3,(H,29,30)/t17-,20?/m0/s1. The molecule has 0 saturated carbocycles. The van der Waals surface area contributed by atoms with Crippen LogP contribution in [0.4, 0.5) is 5.69 Å². The van der Waals surface area contributed by atoms with Gasteiger partial charge in [-0.2, -0.15) is 0 Å². The highest BCUT2D eigenvalue weighted by Crippen LogP contribution is 2.32. The molecule has 5 nitrogen and oxygen atoms in total. The predicted molar refractivity (Wildman–Crippen MR) is 127 cm³/mol. The van der Waals surface area contributed by atoms with Crippen LogP contribution in [0.25, 0.3) is 10.6 Å². The molecule has 0 radical (unpaired) electrons. The van der Waals surface area contributed by atoms with E-state index in [2.05, 4.69) is 4.90 Å². The molecule has 0 amide bonds. The van der Waals surface area contributed by atoms with Crippen molar-refractivity contribution >= 4 is 34.6 Å². The molecule has 162 valence electrons. The first-order valence-corrected chi connectivity index (χ1v) is 11.7. The molecule has 1 fully saturated rings. The number of hydrogen-bond donors (Lipinski definition) is 2. The van der Waals surface area contributed by atoms with Gasteiger partial charge in [0.2, 0.25) is 0 Å². The van der Waals surface area contributed by atoms with Crippen LogP contribution in [0.5, 0.6) is 0 Å². The normalized spacial score (nSPS) is 17.5. The van der Waals surface area contributed by atoms with E-state index >= 15 is 0 Å². The number of aromatic nitrogens is 1. The summed E-state index contributed by atoms with van der Waals surface area (Å²) in [5.41, 5.74) is 9.89. The number of carboxylic acids is 1.